The van der Waals surface area contributed by atoms with Crippen LogP contribution in [-0.2, 0) is 24.2 Å². The molecule has 1 aliphatic rings. The molecule has 0 spiro atoms. The molecule has 134 valence electrons. The lowest BCUT2D eigenvalue weighted by Gasteiger charge is -2.21. The zero-order valence-corrected chi connectivity index (χ0v) is 15.3. The minimum Gasteiger partial charge on any atom is -0.359 e. The van der Waals surface area contributed by atoms with Crippen LogP contribution in [0, 0.1) is 5.92 Å². The molecule has 1 aliphatic heterocycles. The van der Waals surface area contributed by atoms with Gasteiger partial charge in [0.2, 0.25) is 5.91 Å². The number of aromatic amines is 1. The van der Waals surface area contributed by atoms with Gasteiger partial charge in [-0.15, -0.1) is 24.8 Å². The number of rotatable bonds is 5. The van der Waals surface area contributed by atoms with E-state index in [0.717, 1.165) is 36.5 Å². The van der Waals surface area contributed by atoms with Crippen LogP contribution in [-0.4, -0.2) is 27.6 Å². The maximum absolute atomic E-state index is 12.3. The zero-order valence-electron chi connectivity index (χ0n) is 13.7. The summed E-state index contributed by atoms with van der Waals surface area (Å²) in [5.74, 6) is 1.09. The van der Waals surface area contributed by atoms with E-state index in [4.69, 9.17) is 4.52 Å². The molecule has 0 saturated carbocycles. The Labute approximate surface area is 153 Å². The second-order valence-electron chi connectivity index (χ2n) is 6.00. The molecule has 1 amide bonds. The number of nitrogens with zero attached hydrogens (tertiary/aromatic N) is 2. The standard InChI is InChI=1S/C15H21N5O2.2ClH/c1-9(2)5-10-6-11(22-20-10)7-17-15(21)14-13-12(3-4-16-14)18-8-19-13;;/h6,8-9,14,16H,3-5,7H2,1-2H3,(H,17,21)(H,18,19);2*1H. The van der Waals surface area contributed by atoms with E-state index in [-0.39, 0.29) is 30.7 Å². The Hall–Kier alpha value is -1.57. The SMILES string of the molecule is CC(C)Cc1cc(CNC(=O)C2NCCc3[nH]cnc32)on1.Cl.Cl. The Morgan fingerprint density at radius 2 is 2.25 bits per heavy atom. The first-order valence-electron chi connectivity index (χ1n) is 7.61. The molecule has 7 nitrogen and oxygen atoms in total. The van der Waals surface area contributed by atoms with Crippen LogP contribution >= 0.6 is 24.8 Å². The van der Waals surface area contributed by atoms with Crippen LogP contribution in [0.4, 0.5) is 0 Å². The molecule has 9 heteroatoms. The van der Waals surface area contributed by atoms with Gasteiger partial charge < -0.3 is 20.1 Å². The number of amides is 1. The van der Waals surface area contributed by atoms with E-state index < -0.39 is 6.04 Å². The van der Waals surface area contributed by atoms with Crippen molar-refractivity contribution in [1.82, 2.24) is 25.8 Å². The quantitative estimate of drug-likeness (QED) is 0.741. The summed E-state index contributed by atoms with van der Waals surface area (Å²) in [5.41, 5.74) is 2.73. The van der Waals surface area contributed by atoms with E-state index in [9.17, 15) is 4.79 Å². The van der Waals surface area contributed by atoms with Gasteiger partial charge in [-0.25, -0.2) is 4.98 Å². The number of fused-ring (bicyclic) bond motifs is 1. The van der Waals surface area contributed by atoms with Crippen molar-refractivity contribution in [3.63, 3.8) is 0 Å². The number of hydrogen-bond donors (Lipinski definition) is 3. The van der Waals surface area contributed by atoms with Crippen molar-refractivity contribution in [2.45, 2.75) is 39.3 Å². The molecule has 1 atom stereocenters. The summed E-state index contributed by atoms with van der Waals surface area (Å²) in [6.45, 7) is 5.36. The average Bonchev–Trinajstić information content (AvgIpc) is 3.12. The van der Waals surface area contributed by atoms with Crippen molar-refractivity contribution in [1.29, 1.82) is 0 Å². The van der Waals surface area contributed by atoms with Crippen LogP contribution in [0.2, 0.25) is 0 Å². The number of hydrogen-bond acceptors (Lipinski definition) is 5. The van der Waals surface area contributed by atoms with Gasteiger partial charge in [-0.05, 0) is 12.3 Å². The summed E-state index contributed by atoms with van der Waals surface area (Å²) in [5, 5.41) is 10.1. The van der Waals surface area contributed by atoms with Crippen molar-refractivity contribution >= 4 is 30.7 Å². The van der Waals surface area contributed by atoms with Gasteiger partial charge in [0, 0.05) is 24.7 Å². The molecule has 3 rings (SSSR count). The number of carbonyl (C=O) groups excluding carboxylic acids is 1. The molecule has 0 radical (unpaired) electrons. The third kappa shape index (κ3) is 4.72. The van der Waals surface area contributed by atoms with Crippen LogP contribution < -0.4 is 10.6 Å². The van der Waals surface area contributed by atoms with E-state index in [2.05, 4.69) is 39.6 Å². The second kappa shape index (κ2) is 9.05. The molecule has 1 unspecified atom stereocenters. The van der Waals surface area contributed by atoms with Crippen molar-refractivity contribution in [3.05, 3.63) is 35.2 Å². The first kappa shape index (κ1) is 20.5. The lowest BCUT2D eigenvalue weighted by Crippen LogP contribution is -2.41. The molecule has 0 fully saturated rings. The highest BCUT2D eigenvalue weighted by atomic mass is 35.5. The largest absolute Gasteiger partial charge is 0.359 e. The van der Waals surface area contributed by atoms with Gasteiger partial charge in [0.25, 0.3) is 0 Å². The molecular weight excluding hydrogens is 353 g/mol. The molecule has 2 aromatic rings. The number of H-pyrrole nitrogens is 1. The van der Waals surface area contributed by atoms with E-state index >= 15 is 0 Å². The van der Waals surface area contributed by atoms with Crippen LogP contribution in [0.5, 0.6) is 0 Å². The van der Waals surface area contributed by atoms with Gasteiger partial charge in [0.1, 0.15) is 6.04 Å². The first-order chi connectivity index (χ1) is 10.6. The lowest BCUT2D eigenvalue weighted by atomic mass is 10.1. The fourth-order valence-corrected chi connectivity index (χ4v) is 2.67. The summed E-state index contributed by atoms with van der Waals surface area (Å²) in [4.78, 5) is 19.6. The predicted molar refractivity (Wildman–Crippen MR) is 94.4 cm³/mol. The van der Waals surface area contributed by atoms with Gasteiger partial charge in [-0.2, -0.15) is 0 Å². The maximum atomic E-state index is 12.3. The summed E-state index contributed by atoms with van der Waals surface area (Å²) in [6, 6.07) is 1.49. The number of aromatic nitrogens is 3. The lowest BCUT2D eigenvalue weighted by molar-refractivity contribution is -0.123. The molecule has 0 aliphatic carbocycles. The molecule has 2 aromatic heterocycles. The summed E-state index contributed by atoms with van der Waals surface area (Å²) >= 11 is 0. The molecule has 3 heterocycles. The topological polar surface area (TPSA) is 95.8 Å². The minimum atomic E-state index is -0.409. The van der Waals surface area contributed by atoms with Gasteiger partial charge in [-0.1, -0.05) is 19.0 Å². The highest BCUT2D eigenvalue weighted by Gasteiger charge is 2.28. The molecule has 24 heavy (non-hydrogen) atoms. The number of halogens is 2. The third-order valence-corrected chi connectivity index (χ3v) is 3.67. The highest BCUT2D eigenvalue weighted by Crippen LogP contribution is 2.19. The Morgan fingerprint density at radius 3 is 3.00 bits per heavy atom. The Morgan fingerprint density at radius 1 is 1.46 bits per heavy atom. The molecular formula is C15H23Cl2N5O2. The van der Waals surface area contributed by atoms with Gasteiger partial charge >= 0.3 is 0 Å². The fourth-order valence-electron chi connectivity index (χ4n) is 2.67. The van der Waals surface area contributed by atoms with Crippen molar-refractivity contribution in [2.75, 3.05) is 6.54 Å². The Kier molecular flexibility index (Phi) is 7.72. The van der Waals surface area contributed by atoms with Crippen LogP contribution in [0.15, 0.2) is 16.9 Å². The normalized spacial score (nSPS) is 16.0. The Balaban J connectivity index is 0.00000144. The monoisotopic (exact) mass is 375 g/mol. The predicted octanol–water partition coefficient (Wildman–Crippen LogP) is 1.94. The number of imidazole rings is 1. The first-order valence-corrected chi connectivity index (χ1v) is 7.61. The number of nitrogens with one attached hydrogen (secondary N) is 3. The van der Waals surface area contributed by atoms with Crippen LogP contribution in [0.25, 0.3) is 0 Å². The minimum absolute atomic E-state index is 0. The fraction of sp³-hybridized carbons (Fsp3) is 0.533. The van der Waals surface area contributed by atoms with E-state index in [1.165, 1.54) is 0 Å². The zero-order chi connectivity index (χ0) is 15.5. The Bertz CT molecular complexity index is 656. The molecule has 0 saturated heterocycles. The average molecular weight is 376 g/mol. The molecule has 0 bridgehead atoms. The molecule has 3 N–H and O–H groups in total. The summed E-state index contributed by atoms with van der Waals surface area (Å²) in [7, 11) is 0. The third-order valence-electron chi connectivity index (χ3n) is 3.67. The summed E-state index contributed by atoms with van der Waals surface area (Å²) < 4.78 is 5.25. The van der Waals surface area contributed by atoms with Gasteiger partial charge in [0.15, 0.2) is 5.76 Å². The van der Waals surface area contributed by atoms with Crippen molar-refractivity contribution in [2.24, 2.45) is 5.92 Å². The summed E-state index contributed by atoms with van der Waals surface area (Å²) in [6.07, 6.45) is 3.37. The number of carbonyl (C=O) groups is 1. The van der Waals surface area contributed by atoms with Crippen molar-refractivity contribution < 1.29 is 9.32 Å². The van der Waals surface area contributed by atoms with E-state index in [1.807, 2.05) is 6.07 Å². The van der Waals surface area contributed by atoms with Crippen molar-refractivity contribution in [3.8, 4) is 0 Å². The van der Waals surface area contributed by atoms with Gasteiger partial charge in [0.05, 0.1) is 24.3 Å². The molecule has 0 aromatic carbocycles. The van der Waals surface area contributed by atoms with Crippen LogP contribution in [0.3, 0.4) is 0 Å². The second-order valence-corrected chi connectivity index (χ2v) is 6.00. The maximum Gasteiger partial charge on any atom is 0.243 e. The van der Waals surface area contributed by atoms with Gasteiger partial charge in [-0.3, -0.25) is 4.79 Å². The highest BCUT2D eigenvalue weighted by molar-refractivity contribution is 5.85. The smallest absolute Gasteiger partial charge is 0.243 e. The van der Waals surface area contributed by atoms with E-state index in [1.54, 1.807) is 6.33 Å². The van der Waals surface area contributed by atoms with Crippen LogP contribution in [0.1, 0.15) is 42.7 Å². The van der Waals surface area contributed by atoms with E-state index in [0.29, 0.717) is 18.2 Å².